The zero-order valence-electron chi connectivity index (χ0n) is 12.5. The predicted octanol–water partition coefficient (Wildman–Crippen LogP) is 2.12. The molecule has 4 atom stereocenters. The van der Waals surface area contributed by atoms with Crippen LogP contribution in [0.3, 0.4) is 0 Å². The van der Waals surface area contributed by atoms with E-state index in [1.165, 1.54) is 32.4 Å². The molecule has 1 saturated heterocycles. The molecule has 0 aromatic carbocycles. The maximum Gasteiger partial charge on any atom is 0.0615 e. The second-order valence-corrected chi connectivity index (χ2v) is 6.31. The summed E-state index contributed by atoms with van der Waals surface area (Å²) in [6.45, 7) is 10.2. The number of hydrogen-bond acceptors (Lipinski definition) is 3. The van der Waals surface area contributed by atoms with Crippen molar-refractivity contribution in [3.63, 3.8) is 0 Å². The lowest BCUT2D eigenvalue weighted by atomic mass is 9.93. The molecule has 3 nitrogen and oxygen atoms in total. The molecule has 0 spiro atoms. The van der Waals surface area contributed by atoms with Crippen molar-refractivity contribution >= 4 is 0 Å². The van der Waals surface area contributed by atoms with Gasteiger partial charge >= 0.3 is 0 Å². The molecule has 3 heteroatoms. The lowest BCUT2D eigenvalue weighted by Gasteiger charge is -2.45. The Morgan fingerprint density at radius 2 is 2.06 bits per heavy atom. The van der Waals surface area contributed by atoms with Crippen LogP contribution in [0.15, 0.2) is 0 Å². The van der Waals surface area contributed by atoms with Gasteiger partial charge in [0.2, 0.25) is 0 Å². The maximum absolute atomic E-state index is 5.37. The van der Waals surface area contributed by atoms with Gasteiger partial charge in [0, 0.05) is 38.3 Å². The molecule has 0 aromatic heterocycles. The molecular formula is C15H30N2O. The van der Waals surface area contributed by atoms with E-state index < -0.39 is 0 Å². The molecule has 2 aliphatic rings. The molecule has 1 heterocycles. The van der Waals surface area contributed by atoms with Crippen LogP contribution < -0.4 is 5.32 Å². The second-order valence-electron chi connectivity index (χ2n) is 6.31. The van der Waals surface area contributed by atoms with E-state index in [0.29, 0.717) is 12.1 Å². The Hall–Kier alpha value is -0.120. The van der Waals surface area contributed by atoms with Crippen molar-refractivity contribution in [1.29, 1.82) is 0 Å². The highest BCUT2D eigenvalue weighted by atomic mass is 16.5. The lowest BCUT2D eigenvalue weighted by molar-refractivity contribution is 0.0246. The normalized spacial score (nSPS) is 33.3. The van der Waals surface area contributed by atoms with Crippen LogP contribution in [0.4, 0.5) is 0 Å². The topological polar surface area (TPSA) is 24.5 Å². The van der Waals surface area contributed by atoms with Crippen LogP contribution in [0.25, 0.3) is 0 Å². The Bertz CT molecular complexity index is 255. The number of nitrogens with zero attached hydrogens (tertiary/aromatic N) is 1. The first kappa shape index (κ1) is 14.3. The van der Waals surface area contributed by atoms with Crippen LogP contribution in [-0.2, 0) is 4.74 Å². The van der Waals surface area contributed by atoms with E-state index in [1.54, 1.807) is 0 Å². The molecule has 1 aliphatic heterocycles. The Labute approximate surface area is 112 Å². The number of piperazine rings is 1. The van der Waals surface area contributed by atoms with Gasteiger partial charge in [0.05, 0.1) is 6.61 Å². The predicted molar refractivity (Wildman–Crippen MR) is 75.8 cm³/mol. The zero-order chi connectivity index (χ0) is 13.1. The van der Waals surface area contributed by atoms with Gasteiger partial charge in [-0.05, 0) is 31.6 Å². The molecule has 1 N–H and O–H groups in total. The van der Waals surface area contributed by atoms with Crippen molar-refractivity contribution in [2.24, 2.45) is 11.8 Å². The molecule has 0 radical (unpaired) electrons. The van der Waals surface area contributed by atoms with Crippen LogP contribution in [-0.4, -0.2) is 49.8 Å². The average molecular weight is 254 g/mol. The van der Waals surface area contributed by atoms with Crippen molar-refractivity contribution < 1.29 is 4.74 Å². The van der Waals surface area contributed by atoms with Crippen molar-refractivity contribution in [2.45, 2.75) is 58.2 Å². The summed E-state index contributed by atoms with van der Waals surface area (Å²) < 4.78 is 5.37. The third kappa shape index (κ3) is 3.25. The lowest BCUT2D eigenvalue weighted by Crippen LogP contribution is -2.61. The van der Waals surface area contributed by atoms with Crippen LogP contribution in [0.5, 0.6) is 0 Å². The molecule has 18 heavy (non-hydrogen) atoms. The van der Waals surface area contributed by atoms with Crippen molar-refractivity contribution in [1.82, 2.24) is 10.2 Å². The summed E-state index contributed by atoms with van der Waals surface area (Å²) >= 11 is 0. The van der Waals surface area contributed by atoms with Crippen LogP contribution in [0.1, 0.15) is 40.0 Å². The van der Waals surface area contributed by atoms with E-state index >= 15 is 0 Å². The molecule has 4 unspecified atom stereocenters. The average Bonchev–Trinajstić information content (AvgIpc) is 3.21. The molecule has 0 bridgehead atoms. The highest BCUT2D eigenvalue weighted by molar-refractivity contribution is 4.97. The van der Waals surface area contributed by atoms with Gasteiger partial charge in [-0.1, -0.05) is 20.3 Å². The van der Waals surface area contributed by atoms with Gasteiger partial charge in [-0.2, -0.15) is 0 Å². The fourth-order valence-electron chi connectivity index (χ4n) is 3.24. The summed E-state index contributed by atoms with van der Waals surface area (Å²) in [5.41, 5.74) is 0. The van der Waals surface area contributed by atoms with Crippen LogP contribution in [0.2, 0.25) is 0 Å². The monoisotopic (exact) mass is 254 g/mol. The quantitative estimate of drug-likeness (QED) is 0.786. The van der Waals surface area contributed by atoms with Crippen molar-refractivity contribution in [2.75, 3.05) is 26.8 Å². The fraction of sp³-hybridized carbons (Fsp3) is 1.00. The van der Waals surface area contributed by atoms with E-state index in [9.17, 15) is 0 Å². The van der Waals surface area contributed by atoms with E-state index in [4.69, 9.17) is 4.74 Å². The maximum atomic E-state index is 5.37. The minimum absolute atomic E-state index is 0.550. The van der Waals surface area contributed by atoms with Gasteiger partial charge in [-0.25, -0.2) is 0 Å². The largest absolute Gasteiger partial charge is 0.383 e. The SMILES string of the molecule is CCC(C)C1CN(C(C)COC)C(C2CC2)CN1. The molecule has 2 rings (SSSR count). The summed E-state index contributed by atoms with van der Waals surface area (Å²) in [6.07, 6.45) is 4.12. The third-order valence-corrected chi connectivity index (χ3v) is 4.89. The van der Waals surface area contributed by atoms with Gasteiger partial charge in [0.25, 0.3) is 0 Å². The van der Waals surface area contributed by atoms with E-state index in [-0.39, 0.29) is 0 Å². The molecule has 2 fully saturated rings. The van der Waals surface area contributed by atoms with Crippen molar-refractivity contribution in [3.8, 4) is 0 Å². The number of methoxy groups -OCH3 is 1. The first-order valence-corrected chi connectivity index (χ1v) is 7.65. The van der Waals surface area contributed by atoms with Gasteiger partial charge in [-0.3, -0.25) is 4.90 Å². The Morgan fingerprint density at radius 3 is 2.61 bits per heavy atom. The minimum Gasteiger partial charge on any atom is -0.383 e. The summed E-state index contributed by atoms with van der Waals surface area (Å²) in [5, 5.41) is 3.79. The molecule has 0 aromatic rings. The Morgan fingerprint density at radius 1 is 1.33 bits per heavy atom. The first-order chi connectivity index (χ1) is 8.67. The summed E-state index contributed by atoms with van der Waals surface area (Å²) in [6, 6.07) is 1.95. The highest BCUT2D eigenvalue weighted by Crippen LogP contribution is 2.37. The standard InChI is InChI=1S/C15H30N2O/c1-5-11(2)14-9-17(12(3)10-18-4)15(8-16-14)13-6-7-13/h11-16H,5-10H2,1-4H3. The van der Waals surface area contributed by atoms with Gasteiger partial charge in [-0.15, -0.1) is 0 Å². The summed E-state index contributed by atoms with van der Waals surface area (Å²) in [7, 11) is 1.82. The number of ether oxygens (including phenoxy) is 1. The van der Waals surface area contributed by atoms with Crippen LogP contribution in [0, 0.1) is 11.8 Å². The van der Waals surface area contributed by atoms with E-state index in [1.807, 2.05) is 7.11 Å². The number of nitrogens with one attached hydrogen (secondary N) is 1. The molecule has 106 valence electrons. The Balaban J connectivity index is 1.98. The molecule has 1 aliphatic carbocycles. The third-order valence-electron chi connectivity index (χ3n) is 4.89. The smallest absolute Gasteiger partial charge is 0.0615 e. The number of hydrogen-bond donors (Lipinski definition) is 1. The Kier molecular flexibility index (Phi) is 5.05. The van der Waals surface area contributed by atoms with Gasteiger partial charge in [0.15, 0.2) is 0 Å². The summed E-state index contributed by atoms with van der Waals surface area (Å²) in [5.74, 6) is 1.71. The molecule has 0 amide bonds. The zero-order valence-corrected chi connectivity index (χ0v) is 12.5. The molecule has 1 saturated carbocycles. The minimum atomic E-state index is 0.550. The van der Waals surface area contributed by atoms with E-state index in [0.717, 1.165) is 24.5 Å². The first-order valence-electron chi connectivity index (χ1n) is 7.65. The van der Waals surface area contributed by atoms with Crippen molar-refractivity contribution in [3.05, 3.63) is 0 Å². The van der Waals surface area contributed by atoms with Gasteiger partial charge < -0.3 is 10.1 Å². The van der Waals surface area contributed by atoms with Gasteiger partial charge in [0.1, 0.15) is 0 Å². The van der Waals surface area contributed by atoms with E-state index in [2.05, 4.69) is 31.0 Å². The summed E-state index contributed by atoms with van der Waals surface area (Å²) in [4.78, 5) is 2.72. The van der Waals surface area contributed by atoms with Crippen LogP contribution >= 0.6 is 0 Å². The second kappa shape index (κ2) is 6.36. The number of rotatable bonds is 6. The highest BCUT2D eigenvalue weighted by Gasteiger charge is 2.41. The fourth-order valence-corrected chi connectivity index (χ4v) is 3.24. The molecular weight excluding hydrogens is 224 g/mol.